The second-order valence-electron chi connectivity index (χ2n) is 4.93. The van der Waals surface area contributed by atoms with Crippen LogP contribution in [0.25, 0.3) is 0 Å². The van der Waals surface area contributed by atoms with Gasteiger partial charge in [-0.25, -0.2) is 4.79 Å². The van der Waals surface area contributed by atoms with Crippen LogP contribution in [0.15, 0.2) is 11.1 Å². The van der Waals surface area contributed by atoms with Crippen LogP contribution in [0.2, 0.25) is 0 Å². The first-order chi connectivity index (χ1) is 6.81. The highest BCUT2D eigenvalue weighted by Crippen LogP contribution is 2.24. The van der Waals surface area contributed by atoms with Crippen LogP contribution in [-0.4, -0.2) is 17.4 Å². The van der Waals surface area contributed by atoms with Gasteiger partial charge in [0, 0.05) is 6.42 Å². The number of carbonyl (C=O) groups is 2. The molecule has 15 heavy (non-hydrogen) atoms. The molecule has 0 spiro atoms. The molecule has 1 aliphatic rings. The van der Waals surface area contributed by atoms with Crippen LogP contribution in [0.1, 0.15) is 47.0 Å². The monoisotopic (exact) mass is 210 g/mol. The fraction of sp³-hybridized carbons (Fsp3) is 0.667. The van der Waals surface area contributed by atoms with E-state index in [1.807, 2.05) is 6.92 Å². The van der Waals surface area contributed by atoms with Gasteiger partial charge in [-0.05, 0) is 40.5 Å². The van der Waals surface area contributed by atoms with E-state index in [0.717, 1.165) is 18.4 Å². The smallest absolute Gasteiger partial charge is 0.342 e. The van der Waals surface area contributed by atoms with Gasteiger partial charge in [0.2, 0.25) is 0 Å². The van der Waals surface area contributed by atoms with E-state index in [0.29, 0.717) is 6.42 Å². The summed E-state index contributed by atoms with van der Waals surface area (Å²) in [6.45, 7) is 7.23. The number of rotatable bonds is 1. The average molecular weight is 210 g/mol. The Morgan fingerprint density at radius 1 is 1.27 bits per heavy atom. The molecule has 84 valence electrons. The summed E-state index contributed by atoms with van der Waals surface area (Å²) in [5.74, 6) is -0.544. The fourth-order valence-corrected chi connectivity index (χ4v) is 1.62. The third-order valence-corrected chi connectivity index (χ3v) is 2.26. The van der Waals surface area contributed by atoms with Gasteiger partial charge in [0.15, 0.2) is 5.78 Å². The number of hydrogen-bond donors (Lipinski definition) is 0. The third kappa shape index (κ3) is 3.18. The lowest BCUT2D eigenvalue weighted by atomic mass is 9.91. The molecule has 0 aromatic rings. The first-order valence-corrected chi connectivity index (χ1v) is 5.27. The summed E-state index contributed by atoms with van der Waals surface area (Å²) in [4.78, 5) is 23.3. The number of esters is 1. The Morgan fingerprint density at radius 2 is 1.87 bits per heavy atom. The van der Waals surface area contributed by atoms with E-state index < -0.39 is 11.6 Å². The van der Waals surface area contributed by atoms with E-state index in [9.17, 15) is 9.59 Å². The molecule has 3 nitrogen and oxygen atoms in total. The lowest BCUT2D eigenvalue weighted by Gasteiger charge is -2.22. The van der Waals surface area contributed by atoms with Gasteiger partial charge in [-0.1, -0.05) is 5.57 Å². The summed E-state index contributed by atoms with van der Waals surface area (Å²) >= 11 is 0. The number of carbonyl (C=O) groups excluding carboxylic acids is 2. The molecule has 0 aliphatic heterocycles. The van der Waals surface area contributed by atoms with Gasteiger partial charge in [-0.2, -0.15) is 0 Å². The van der Waals surface area contributed by atoms with E-state index in [4.69, 9.17) is 4.74 Å². The Bertz CT molecular complexity index is 318. The SMILES string of the molecule is CC1=C(C(=O)OC(C)(C)C)C(=O)CCC1. The lowest BCUT2D eigenvalue weighted by molar-refractivity contribution is -0.151. The van der Waals surface area contributed by atoms with Crippen molar-refractivity contribution in [1.29, 1.82) is 0 Å². The number of ketones is 1. The molecular weight excluding hydrogens is 192 g/mol. The summed E-state index contributed by atoms with van der Waals surface area (Å²) in [6, 6.07) is 0. The van der Waals surface area contributed by atoms with Gasteiger partial charge >= 0.3 is 5.97 Å². The summed E-state index contributed by atoms with van der Waals surface area (Å²) in [5, 5.41) is 0. The third-order valence-electron chi connectivity index (χ3n) is 2.26. The van der Waals surface area contributed by atoms with Crippen molar-refractivity contribution in [1.82, 2.24) is 0 Å². The Balaban J connectivity index is 2.86. The van der Waals surface area contributed by atoms with Crippen LogP contribution in [0.3, 0.4) is 0 Å². The van der Waals surface area contributed by atoms with E-state index >= 15 is 0 Å². The van der Waals surface area contributed by atoms with Crippen molar-refractivity contribution in [2.45, 2.75) is 52.6 Å². The highest BCUT2D eigenvalue weighted by molar-refractivity contribution is 6.18. The Kier molecular flexibility index (Phi) is 3.32. The highest BCUT2D eigenvalue weighted by atomic mass is 16.6. The summed E-state index contributed by atoms with van der Waals surface area (Å²) in [5.41, 5.74) is 0.596. The van der Waals surface area contributed by atoms with Gasteiger partial charge in [0.05, 0.1) is 0 Å². The minimum absolute atomic E-state index is 0.0759. The van der Waals surface area contributed by atoms with Crippen molar-refractivity contribution in [3.05, 3.63) is 11.1 Å². The van der Waals surface area contributed by atoms with Crippen molar-refractivity contribution in [3.63, 3.8) is 0 Å². The lowest BCUT2D eigenvalue weighted by Crippen LogP contribution is -2.29. The maximum atomic E-state index is 11.7. The maximum Gasteiger partial charge on any atom is 0.342 e. The van der Waals surface area contributed by atoms with Crippen LogP contribution in [-0.2, 0) is 14.3 Å². The van der Waals surface area contributed by atoms with Crippen molar-refractivity contribution < 1.29 is 14.3 Å². The molecule has 0 aromatic carbocycles. The van der Waals surface area contributed by atoms with Crippen molar-refractivity contribution in [2.75, 3.05) is 0 Å². The molecule has 1 aliphatic carbocycles. The summed E-state index contributed by atoms with van der Waals surface area (Å²) < 4.78 is 5.20. The summed E-state index contributed by atoms with van der Waals surface area (Å²) in [7, 11) is 0. The van der Waals surface area contributed by atoms with Crippen LogP contribution in [0.5, 0.6) is 0 Å². The molecule has 0 unspecified atom stereocenters. The van der Waals surface area contributed by atoms with Crippen LogP contribution < -0.4 is 0 Å². The molecule has 0 atom stereocenters. The molecule has 1 rings (SSSR count). The van der Waals surface area contributed by atoms with Gasteiger partial charge in [-0.3, -0.25) is 4.79 Å². The normalized spacial score (nSPS) is 18.0. The number of Topliss-reactive ketones (excluding diaryl/α,β-unsaturated/α-hetero) is 1. The first kappa shape index (κ1) is 12.0. The predicted molar refractivity (Wildman–Crippen MR) is 57.4 cm³/mol. The zero-order valence-corrected chi connectivity index (χ0v) is 9.85. The minimum atomic E-state index is -0.540. The average Bonchev–Trinajstić information content (AvgIpc) is 1.99. The molecular formula is C12H18O3. The molecule has 0 N–H and O–H groups in total. The van der Waals surface area contributed by atoms with Crippen molar-refractivity contribution in [2.24, 2.45) is 0 Å². The Morgan fingerprint density at radius 3 is 2.33 bits per heavy atom. The largest absolute Gasteiger partial charge is 0.456 e. The second kappa shape index (κ2) is 4.17. The molecule has 0 radical (unpaired) electrons. The van der Waals surface area contributed by atoms with Gasteiger partial charge in [-0.15, -0.1) is 0 Å². The van der Waals surface area contributed by atoms with E-state index in [1.165, 1.54) is 0 Å². The molecule has 0 fully saturated rings. The zero-order chi connectivity index (χ0) is 11.6. The van der Waals surface area contributed by atoms with Gasteiger partial charge in [0.1, 0.15) is 11.2 Å². The van der Waals surface area contributed by atoms with Crippen LogP contribution in [0.4, 0.5) is 0 Å². The molecule has 0 saturated carbocycles. The van der Waals surface area contributed by atoms with Crippen LogP contribution >= 0.6 is 0 Å². The van der Waals surface area contributed by atoms with Crippen LogP contribution in [0, 0.1) is 0 Å². The number of allylic oxidation sites excluding steroid dienone is 1. The molecule has 0 saturated heterocycles. The van der Waals surface area contributed by atoms with Gasteiger partial charge < -0.3 is 4.74 Å². The highest BCUT2D eigenvalue weighted by Gasteiger charge is 2.28. The topological polar surface area (TPSA) is 43.4 Å². The fourth-order valence-electron chi connectivity index (χ4n) is 1.62. The van der Waals surface area contributed by atoms with E-state index in [1.54, 1.807) is 20.8 Å². The Hall–Kier alpha value is -1.12. The molecule has 3 heteroatoms. The Labute approximate surface area is 90.5 Å². The maximum absolute atomic E-state index is 11.7. The minimum Gasteiger partial charge on any atom is -0.456 e. The summed E-state index contributed by atoms with van der Waals surface area (Å²) in [6.07, 6.45) is 2.13. The zero-order valence-electron chi connectivity index (χ0n) is 9.85. The first-order valence-electron chi connectivity index (χ1n) is 5.27. The van der Waals surface area contributed by atoms with E-state index in [2.05, 4.69) is 0 Å². The molecule has 0 amide bonds. The molecule has 0 aromatic heterocycles. The molecule has 0 heterocycles. The number of hydrogen-bond acceptors (Lipinski definition) is 3. The van der Waals surface area contributed by atoms with Gasteiger partial charge in [0.25, 0.3) is 0 Å². The van der Waals surface area contributed by atoms with E-state index in [-0.39, 0.29) is 11.4 Å². The standard InChI is InChI=1S/C12H18O3/c1-8-6-5-7-9(13)10(8)11(14)15-12(2,3)4/h5-7H2,1-4H3. The van der Waals surface area contributed by atoms with Crippen molar-refractivity contribution >= 4 is 11.8 Å². The quantitative estimate of drug-likeness (QED) is 0.493. The number of ether oxygens (including phenoxy) is 1. The molecule has 0 bridgehead atoms. The second-order valence-corrected chi connectivity index (χ2v) is 4.93. The van der Waals surface area contributed by atoms with Crippen molar-refractivity contribution in [3.8, 4) is 0 Å². The predicted octanol–water partition coefficient (Wildman–Crippen LogP) is 2.40.